The van der Waals surface area contributed by atoms with Crippen LogP contribution in [0.2, 0.25) is 0 Å². The molecule has 3 heterocycles. The summed E-state index contributed by atoms with van der Waals surface area (Å²) in [4.78, 5) is 35.0. The molecule has 0 N–H and O–H groups in total. The third-order valence-corrected chi connectivity index (χ3v) is 5.29. The van der Waals surface area contributed by atoms with E-state index in [9.17, 15) is 9.59 Å². The van der Waals surface area contributed by atoms with Gasteiger partial charge in [0.05, 0.1) is 17.6 Å². The van der Waals surface area contributed by atoms with Crippen molar-refractivity contribution in [2.75, 3.05) is 37.6 Å². The summed E-state index contributed by atoms with van der Waals surface area (Å²) in [6.45, 7) is 3.24. The van der Waals surface area contributed by atoms with Gasteiger partial charge < -0.3 is 14.7 Å². The van der Waals surface area contributed by atoms with E-state index in [-0.39, 0.29) is 17.7 Å². The second-order valence-corrected chi connectivity index (χ2v) is 7.01. The van der Waals surface area contributed by atoms with Crippen molar-refractivity contribution in [1.82, 2.24) is 14.8 Å². The van der Waals surface area contributed by atoms with Gasteiger partial charge in [-0.2, -0.15) is 5.26 Å². The molecule has 0 bridgehead atoms. The van der Waals surface area contributed by atoms with Crippen molar-refractivity contribution >= 4 is 17.6 Å². The molecule has 2 amide bonds. The van der Waals surface area contributed by atoms with E-state index in [1.807, 2.05) is 9.80 Å². The van der Waals surface area contributed by atoms with Gasteiger partial charge in [-0.3, -0.25) is 9.59 Å². The summed E-state index contributed by atoms with van der Waals surface area (Å²) in [5, 5.41) is 9.00. The van der Waals surface area contributed by atoms with Gasteiger partial charge in [-0.15, -0.1) is 0 Å². The first-order valence-corrected chi connectivity index (χ1v) is 8.85. The molecule has 0 aromatic carbocycles. The maximum atomic E-state index is 12.7. The fraction of sp³-hybridized carbons (Fsp3) is 0.556. The SMILES string of the molecule is N#Cc1ccnc(N2CCN(C(=O)[C@H]3CC(=O)N(C4CC4)C3)CC2)c1. The molecule has 4 rings (SSSR count). The van der Waals surface area contributed by atoms with E-state index in [0.29, 0.717) is 50.7 Å². The molecule has 7 heteroatoms. The van der Waals surface area contributed by atoms with Gasteiger partial charge in [0.25, 0.3) is 0 Å². The summed E-state index contributed by atoms with van der Waals surface area (Å²) in [5.41, 5.74) is 0.591. The fourth-order valence-corrected chi connectivity index (χ4v) is 3.71. The maximum absolute atomic E-state index is 12.7. The number of aromatic nitrogens is 1. The summed E-state index contributed by atoms with van der Waals surface area (Å²) in [6.07, 6.45) is 4.17. The van der Waals surface area contributed by atoms with Crippen LogP contribution in [-0.2, 0) is 9.59 Å². The van der Waals surface area contributed by atoms with E-state index in [0.717, 1.165) is 18.7 Å². The van der Waals surface area contributed by atoms with E-state index >= 15 is 0 Å². The average molecular weight is 339 g/mol. The summed E-state index contributed by atoms with van der Waals surface area (Å²) in [5.74, 6) is 0.841. The molecule has 1 aromatic rings. The Bertz CT molecular complexity index is 731. The molecular formula is C18H21N5O2. The third kappa shape index (κ3) is 3.16. The topological polar surface area (TPSA) is 80.5 Å². The van der Waals surface area contributed by atoms with Crippen molar-refractivity contribution in [3.05, 3.63) is 23.9 Å². The molecule has 2 aliphatic heterocycles. The summed E-state index contributed by atoms with van der Waals surface area (Å²) in [7, 11) is 0. The number of carbonyl (C=O) groups is 2. The first kappa shape index (κ1) is 15.9. The lowest BCUT2D eigenvalue weighted by atomic mass is 10.1. The summed E-state index contributed by atoms with van der Waals surface area (Å²) < 4.78 is 0. The highest BCUT2D eigenvalue weighted by molar-refractivity contribution is 5.89. The van der Waals surface area contributed by atoms with Gasteiger partial charge in [-0.05, 0) is 25.0 Å². The molecule has 1 saturated carbocycles. The molecule has 1 atom stereocenters. The van der Waals surface area contributed by atoms with Gasteiger partial charge in [-0.25, -0.2) is 4.98 Å². The van der Waals surface area contributed by atoms with Crippen LogP contribution in [0.4, 0.5) is 5.82 Å². The van der Waals surface area contributed by atoms with Crippen LogP contribution < -0.4 is 4.90 Å². The van der Waals surface area contributed by atoms with E-state index in [2.05, 4.69) is 16.0 Å². The number of piperazine rings is 1. The Morgan fingerprint density at radius 2 is 2.00 bits per heavy atom. The number of nitriles is 1. The van der Waals surface area contributed by atoms with E-state index in [4.69, 9.17) is 5.26 Å². The highest BCUT2D eigenvalue weighted by Crippen LogP contribution is 2.33. The van der Waals surface area contributed by atoms with Gasteiger partial charge in [0.2, 0.25) is 11.8 Å². The first-order chi connectivity index (χ1) is 12.2. The average Bonchev–Trinajstić information content (AvgIpc) is 3.43. The summed E-state index contributed by atoms with van der Waals surface area (Å²) in [6, 6.07) is 5.98. The largest absolute Gasteiger partial charge is 0.353 e. The number of nitrogens with zero attached hydrogens (tertiary/aromatic N) is 5. The van der Waals surface area contributed by atoms with Crippen LogP contribution in [0.5, 0.6) is 0 Å². The molecule has 2 saturated heterocycles. The number of anilines is 1. The number of hydrogen-bond acceptors (Lipinski definition) is 5. The zero-order valence-electron chi connectivity index (χ0n) is 14.1. The van der Waals surface area contributed by atoms with Crippen LogP contribution in [-0.4, -0.2) is 65.4 Å². The van der Waals surface area contributed by atoms with Crippen molar-refractivity contribution < 1.29 is 9.59 Å². The van der Waals surface area contributed by atoms with Crippen molar-refractivity contribution in [3.63, 3.8) is 0 Å². The molecule has 1 aliphatic carbocycles. The lowest BCUT2D eigenvalue weighted by Gasteiger charge is -2.36. The van der Waals surface area contributed by atoms with E-state index < -0.39 is 0 Å². The molecule has 0 unspecified atom stereocenters. The van der Waals surface area contributed by atoms with Crippen molar-refractivity contribution in [3.8, 4) is 6.07 Å². The lowest BCUT2D eigenvalue weighted by Crippen LogP contribution is -2.51. The predicted molar refractivity (Wildman–Crippen MR) is 90.6 cm³/mol. The Kier molecular flexibility index (Phi) is 4.04. The number of pyridine rings is 1. The molecule has 3 aliphatic rings. The van der Waals surface area contributed by atoms with Crippen LogP contribution in [0.1, 0.15) is 24.8 Å². The van der Waals surface area contributed by atoms with Crippen LogP contribution in [0.15, 0.2) is 18.3 Å². The fourth-order valence-electron chi connectivity index (χ4n) is 3.71. The Labute approximate surface area is 146 Å². The predicted octanol–water partition coefficient (Wildman–Crippen LogP) is 0.613. The highest BCUT2D eigenvalue weighted by Gasteiger charge is 2.43. The number of likely N-dealkylation sites (tertiary alicyclic amines) is 1. The van der Waals surface area contributed by atoms with Gasteiger partial charge in [0.1, 0.15) is 5.82 Å². The van der Waals surface area contributed by atoms with E-state index in [1.165, 1.54) is 0 Å². The van der Waals surface area contributed by atoms with Crippen molar-refractivity contribution in [2.24, 2.45) is 5.92 Å². The minimum atomic E-state index is -0.181. The van der Waals surface area contributed by atoms with Crippen LogP contribution in [0.25, 0.3) is 0 Å². The van der Waals surface area contributed by atoms with Gasteiger partial charge in [0.15, 0.2) is 0 Å². The number of rotatable bonds is 3. The van der Waals surface area contributed by atoms with Crippen molar-refractivity contribution in [2.45, 2.75) is 25.3 Å². The Morgan fingerprint density at radius 1 is 1.24 bits per heavy atom. The second kappa shape index (κ2) is 6.36. The normalized spacial score (nSPS) is 23.7. The monoisotopic (exact) mass is 339 g/mol. The Balaban J connectivity index is 1.34. The third-order valence-electron chi connectivity index (χ3n) is 5.29. The molecule has 1 aromatic heterocycles. The Hall–Kier alpha value is -2.62. The molecular weight excluding hydrogens is 318 g/mol. The summed E-state index contributed by atoms with van der Waals surface area (Å²) >= 11 is 0. The zero-order chi connectivity index (χ0) is 17.4. The van der Waals surface area contributed by atoms with Gasteiger partial charge >= 0.3 is 0 Å². The zero-order valence-corrected chi connectivity index (χ0v) is 14.1. The molecule has 130 valence electrons. The van der Waals surface area contributed by atoms with Crippen LogP contribution in [0, 0.1) is 17.2 Å². The maximum Gasteiger partial charge on any atom is 0.228 e. The van der Waals surface area contributed by atoms with Crippen molar-refractivity contribution in [1.29, 1.82) is 5.26 Å². The quantitative estimate of drug-likeness (QED) is 0.806. The highest BCUT2D eigenvalue weighted by atomic mass is 16.2. The molecule has 0 spiro atoms. The molecule has 7 nitrogen and oxygen atoms in total. The van der Waals surface area contributed by atoms with Gasteiger partial charge in [-0.1, -0.05) is 0 Å². The molecule has 25 heavy (non-hydrogen) atoms. The van der Waals surface area contributed by atoms with Crippen LogP contribution >= 0.6 is 0 Å². The molecule has 3 fully saturated rings. The lowest BCUT2D eigenvalue weighted by molar-refractivity contribution is -0.136. The van der Waals surface area contributed by atoms with Crippen LogP contribution in [0.3, 0.4) is 0 Å². The molecule has 0 radical (unpaired) electrons. The first-order valence-electron chi connectivity index (χ1n) is 8.85. The minimum absolute atomic E-state index is 0.106. The number of carbonyl (C=O) groups excluding carboxylic acids is 2. The van der Waals surface area contributed by atoms with Gasteiger partial charge in [0, 0.05) is 51.4 Å². The standard InChI is InChI=1S/C18H21N5O2/c19-11-13-3-4-20-16(9-13)21-5-7-22(8-6-21)18(25)14-10-17(24)23(12-14)15-1-2-15/h3-4,9,14-15H,1-2,5-8,10,12H2/t14-/m0/s1. The Morgan fingerprint density at radius 3 is 2.68 bits per heavy atom. The second-order valence-electron chi connectivity index (χ2n) is 7.01. The minimum Gasteiger partial charge on any atom is -0.353 e. The van der Waals surface area contributed by atoms with E-state index in [1.54, 1.807) is 18.3 Å². The number of hydrogen-bond donors (Lipinski definition) is 0. The smallest absolute Gasteiger partial charge is 0.228 e. The number of amides is 2.